The van der Waals surface area contributed by atoms with E-state index in [0.29, 0.717) is 6.10 Å². The summed E-state index contributed by atoms with van der Waals surface area (Å²) in [6.07, 6.45) is 1.35. The van der Waals surface area contributed by atoms with Crippen LogP contribution in [0.5, 0.6) is 5.75 Å². The summed E-state index contributed by atoms with van der Waals surface area (Å²) >= 11 is 0. The molecule has 0 aromatic heterocycles. The van der Waals surface area contributed by atoms with Gasteiger partial charge in [-0.1, -0.05) is 26.0 Å². The molecule has 1 saturated heterocycles. The third-order valence-electron chi connectivity index (χ3n) is 3.77. The van der Waals surface area contributed by atoms with Gasteiger partial charge in [-0.2, -0.15) is 0 Å². The highest BCUT2D eigenvalue weighted by Crippen LogP contribution is 2.12. The second-order valence-electron chi connectivity index (χ2n) is 5.51. The first-order valence-electron chi connectivity index (χ1n) is 8.08. The molecule has 1 aromatic carbocycles. The molecule has 1 atom stereocenters. The minimum absolute atomic E-state index is 0.311. The van der Waals surface area contributed by atoms with Crippen LogP contribution in [-0.2, 0) is 11.3 Å². The average Bonchev–Trinajstić information content (AvgIpc) is 2.54. The summed E-state index contributed by atoms with van der Waals surface area (Å²) in [7, 11) is 0. The number of rotatable bonds is 8. The molecule has 1 fully saturated rings. The molecule has 1 N–H and O–H groups in total. The van der Waals surface area contributed by atoms with Gasteiger partial charge in [-0.05, 0) is 30.7 Å². The third kappa shape index (κ3) is 5.65. The van der Waals surface area contributed by atoms with Crippen molar-refractivity contribution in [1.82, 2.24) is 10.2 Å². The summed E-state index contributed by atoms with van der Waals surface area (Å²) in [5.74, 6) is 0.954. The summed E-state index contributed by atoms with van der Waals surface area (Å²) in [5, 5.41) is 3.49. The zero-order chi connectivity index (χ0) is 14.9. The highest BCUT2D eigenvalue weighted by molar-refractivity contribution is 5.27. The Kier molecular flexibility index (Phi) is 7.00. The second kappa shape index (κ2) is 9.03. The van der Waals surface area contributed by atoms with Gasteiger partial charge in [-0.3, -0.25) is 4.90 Å². The molecule has 1 aromatic rings. The fraction of sp³-hybridized carbons (Fsp3) is 0.647. The second-order valence-corrected chi connectivity index (χ2v) is 5.51. The normalized spacial score (nSPS) is 19.6. The molecule has 2 rings (SSSR count). The van der Waals surface area contributed by atoms with Crippen molar-refractivity contribution in [1.29, 1.82) is 0 Å². The Balaban J connectivity index is 1.68. The maximum absolute atomic E-state index is 5.79. The van der Waals surface area contributed by atoms with E-state index in [1.54, 1.807) is 0 Å². The number of nitrogens with zero attached hydrogens (tertiary/aromatic N) is 1. The van der Waals surface area contributed by atoms with Crippen LogP contribution in [0.4, 0.5) is 0 Å². The van der Waals surface area contributed by atoms with Crippen molar-refractivity contribution in [3.63, 3.8) is 0 Å². The molecule has 21 heavy (non-hydrogen) atoms. The molecular formula is C17H28N2O2. The number of ether oxygens (including phenoxy) is 2. The van der Waals surface area contributed by atoms with Crippen molar-refractivity contribution in [2.45, 2.75) is 32.9 Å². The molecule has 118 valence electrons. The molecule has 4 heteroatoms. The van der Waals surface area contributed by atoms with E-state index in [9.17, 15) is 0 Å². The Morgan fingerprint density at radius 2 is 2.10 bits per heavy atom. The molecule has 1 aliphatic heterocycles. The van der Waals surface area contributed by atoms with Gasteiger partial charge in [-0.25, -0.2) is 0 Å². The molecule has 0 aliphatic carbocycles. The van der Waals surface area contributed by atoms with Crippen molar-refractivity contribution in [3.05, 3.63) is 29.8 Å². The molecule has 4 nitrogen and oxygen atoms in total. The molecule has 0 bridgehead atoms. The topological polar surface area (TPSA) is 33.7 Å². The molecule has 1 heterocycles. The predicted molar refractivity (Wildman–Crippen MR) is 85.8 cm³/mol. The number of hydrogen-bond acceptors (Lipinski definition) is 4. The lowest BCUT2D eigenvalue weighted by Crippen LogP contribution is -2.46. The molecule has 1 aliphatic rings. The zero-order valence-electron chi connectivity index (χ0n) is 13.3. The monoisotopic (exact) mass is 292 g/mol. The number of nitrogens with one attached hydrogen (secondary N) is 1. The number of morpholine rings is 1. The lowest BCUT2D eigenvalue weighted by atomic mass is 10.2. The molecule has 1 unspecified atom stereocenters. The standard InChI is InChI=1S/C17H28N2O2/c1-3-10-20-16-7-5-15(6-8-16)12-18-13-17-14-19(4-2)9-11-21-17/h5-8,17-18H,3-4,9-14H2,1-2H3. The number of hydrogen-bond donors (Lipinski definition) is 1. The summed E-state index contributed by atoms with van der Waals surface area (Å²) in [6.45, 7) is 10.9. The van der Waals surface area contributed by atoms with Gasteiger partial charge in [0.05, 0.1) is 19.3 Å². The van der Waals surface area contributed by atoms with E-state index in [4.69, 9.17) is 9.47 Å². The predicted octanol–water partition coefficient (Wildman–Crippen LogP) is 2.29. The largest absolute Gasteiger partial charge is 0.494 e. The van der Waals surface area contributed by atoms with Gasteiger partial charge in [0.15, 0.2) is 0 Å². The van der Waals surface area contributed by atoms with Crippen LogP contribution >= 0.6 is 0 Å². The maximum Gasteiger partial charge on any atom is 0.119 e. The Bertz CT molecular complexity index is 394. The number of likely N-dealkylation sites (N-methyl/N-ethyl adjacent to an activating group) is 1. The first kappa shape index (κ1) is 16.3. The molecular weight excluding hydrogens is 264 g/mol. The van der Waals surface area contributed by atoms with E-state index >= 15 is 0 Å². The van der Waals surface area contributed by atoms with Gasteiger partial charge in [0.2, 0.25) is 0 Å². The average molecular weight is 292 g/mol. The van der Waals surface area contributed by atoms with E-state index in [1.165, 1.54) is 5.56 Å². The quantitative estimate of drug-likeness (QED) is 0.797. The van der Waals surface area contributed by atoms with Crippen LogP contribution in [0.1, 0.15) is 25.8 Å². The van der Waals surface area contributed by atoms with Crippen molar-refractivity contribution in [2.75, 3.05) is 39.4 Å². The van der Waals surface area contributed by atoms with Gasteiger partial charge >= 0.3 is 0 Å². The van der Waals surface area contributed by atoms with Gasteiger partial charge in [0.1, 0.15) is 5.75 Å². The summed E-state index contributed by atoms with van der Waals surface area (Å²) in [4.78, 5) is 2.44. The van der Waals surface area contributed by atoms with Crippen LogP contribution in [0.15, 0.2) is 24.3 Å². The van der Waals surface area contributed by atoms with Crippen LogP contribution in [0, 0.1) is 0 Å². The zero-order valence-corrected chi connectivity index (χ0v) is 13.3. The molecule has 0 saturated carbocycles. The number of benzene rings is 1. The van der Waals surface area contributed by atoms with E-state index in [-0.39, 0.29) is 0 Å². The molecule has 0 spiro atoms. The Morgan fingerprint density at radius 1 is 1.29 bits per heavy atom. The van der Waals surface area contributed by atoms with Crippen LogP contribution < -0.4 is 10.1 Å². The Labute approximate surface area is 128 Å². The Morgan fingerprint density at radius 3 is 2.81 bits per heavy atom. The van der Waals surface area contributed by atoms with Crippen molar-refractivity contribution in [2.24, 2.45) is 0 Å². The van der Waals surface area contributed by atoms with Gasteiger partial charge in [0.25, 0.3) is 0 Å². The summed E-state index contributed by atoms with van der Waals surface area (Å²) < 4.78 is 11.4. The van der Waals surface area contributed by atoms with Gasteiger partial charge in [-0.15, -0.1) is 0 Å². The molecule has 0 amide bonds. The van der Waals surface area contributed by atoms with E-state index in [2.05, 4.69) is 36.2 Å². The minimum Gasteiger partial charge on any atom is -0.494 e. The molecule has 0 radical (unpaired) electrons. The minimum atomic E-state index is 0.311. The van der Waals surface area contributed by atoms with Crippen LogP contribution in [0.25, 0.3) is 0 Å². The first-order valence-corrected chi connectivity index (χ1v) is 8.08. The van der Waals surface area contributed by atoms with E-state index in [1.807, 2.05) is 12.1 Å². The fourth-order valence-corrected chi connectivity index (χ4v) is 2.49. The SMILES string of the molecule is CCCOc1ccc(CNCC2CN(CC)CCO2)cc1. The van der Waals surface area contributed by atoms with Gasteiger partial charge < -0.3 is 14.8 Å². The fourth-order valence-electron chi connectivity index (χ4n) is 2.49. The third-order valence-corrected chi connectivity index (χ3v) is 3.77. The highest BCUT2D eigenvalue weighted by Gasteiger charge is 2.18. The van der Waals surface area contributed by atoms with E-state index in [0.717, 1.165) is 58.1 Å². The summed E-state index contributed by atoms with van der Waals surface area (Å²) in [5.41, 5.74) is 1.28. The first-order chi connectivity index (χ1) is 10.3. The van der Waals surface area contributed by atoms with Crippen molar-refractivity contribution in [3.8, 4) is 5.75 Å². The van der Waals surface area contributed by atoms with Crippen LogP contribution in [0.2, 0.25) is 0 Å². The summed E-state index contributed by atoms with van der Waals surface area (Å²) in [6, 6.07) is 8.33. The van der Waals surface area contributed by atoms with Gasteiger partial charge in [0, 0.05) is 26.2 Å². The highest BCUT2D eigenvalue weighted by atomic mass is 16.5. The van der Waals surface area contributed by atoms with Crippen molar-refractivity contribution < 1.29 is 9.47 Å². The van der Waals surface area contributed by atoms with E-state index < -0.39 is 0 Å². The smallest absolute Gasteiger partial charge is 0.119 e. The van der Waals surface area contributed by atoms with Crippen molar-refractivity contribution >= 4 is 0 Å². The lowest BCUT2D eigenvalue weighted by molar-refractivity contribution is -0.0253. The van der Waals surface area contributed by atoms with Crippen LogP contribution in [0.3, 0.4) is 0 Å². The maximum atomic E-state index is 5.79. The Hall–Kier alpha value is -1.10. The van der Waals surface area contributed by atoms with Crippen LogP contribution in [-0.4, -0.2) is 50.4 Å². The lowest BCUT2D eigenvalue weighted by Gasteiger charge is -2.32.